The first-order valence-corrected chi connectivity index (χ1v) is 7.92. The molecule has 0 saturated carbocycles. The molecule has 5 heteroatoms. The van der Waals surface area contributed by atoms with Crippen LogP contribution in [-0.4, -0.2) is 16.5 Å². The van der Waals surface area contributed by atoms with E-state index in [1.807, 2.05) is 0 Å². The zero-order valence-corrected chi connectivity index (χ0v) is 13.7. The third-order valence-electron chi connectivity index (χ3n) is 2.56. The van der Waals surface area contributed by atoms with Crippen molar-refractivity contribution in [3.05, 3.63) is 26.3 Å². The van der Waals surface area contributed by atoms with Crippen LogP contribution < -0.4 is 5.32 Å². The predicted molar refractivity (Wildman–Crippen MR) is 86.3 cm³/mol. The third-order valence-corrected chi connectivity index (χ3v) is 4.69. The van der Waals surface area contributed by atoms with Crippen LogP contribution in [0.25, 0.3) is 10.7 Å². The molecule has 0 bridgehead atoms. The molecule has 2 aromatic rings. The Labute approximate surface area is 125 Å². The molecule has 0 aromatic carbocycles. The summed E-state index contributed by atoms with van der Waals surface area (Å²) >= 11 is 4.06. The lowest BCUT2D eigenvalue weighted by Gasteiger charge is -2.10. The molecule has 0 radical (unpaired) electrons. The van der Waals surface area contributed by atoms with Crippen LogP contribution in [0.4, 0.5) is 5.82 Å². The highest BCUT2D eigenvalue weighted by atomic mass is 127. The maximum absolute atomic E-state index is 4.67. The number of hydrogen-bond acceptors (Lipinski definition) is 4. The van der Waals surface area contributed by atoms with Crippen molar-refractivity contribution in [1.29, 1.82) is 0 Å². The van der Waals surface area contributed by atoms with Gasteiger partial charge in [0.15, 0.2) is 5.82 Å². The molecule has 0 aliphatic heterocycles. The summed E-state index contributed by atoms with van der Waals surface area (Å²) in [4.78, 5) is 11.7. The molecule has 0 aliphatic rings. The van der Waals surface area contributed by atoms with Gasteiger partial charge in [-0.2, -0.15) is 0 Å². The number of hydrogen-bond donors (Lipinski definition) is 1. The van der Waals surface area contributed by atoms with Crippen LogP contribution in [0.15, 0.2) is 12.1 Å². The Hall–Kier alpha value is -0.690. The number of anilines is 1. The van der Waals surface area contributed by atoms with E-state index in [1.54, 1.807) is 11.3 Å². The van der Waals surface area contributed by atoms with Gasteiger partial charge in [0, 0.05) is 11.4 Å². The van der Waals surface area contributed by atoms with Crippen LogP contribution in [0.5, 0.6) is 0 Å². The van der Waals surface area contributed by atoms with Gasteiger partial charge in [-0.3, -0.25) is 0 Å². The van der Waals surface area contributed by atoms with Gasteiger partial charge >= 0.3 is 0 Å². The highest BCUT2D eigenvalue weighted by Gasteiger charge is 2.12. The van der Waals surface area contributed by atoms with Crippen molar-refractivity contribution in [3.63, 3.8) is 0 Å². The molecule has 18 heavy (non-hydrogen) atoms. The summed E-state index contributed by atoms with van der Waals surface area (Å²) in [5, 5.41) is 3.31. The van der Waals surface area contributed by atoms with E-state index in [0.717, 1.165) is 38.7 Å². The van der Waals surface area contributed by atoms with Crippen LogP contribution in [0, 0.1) is 10.5 Å². The second-order valence-electron chi connectivity index (χ2n) is 3.95. The fraction of sp³-hybridized carbons (Fsp3) is 0.385. The van der Waals surface area contributed by atoms with Crippen molar-refractivity contribution in [2.24, 2.45) is 0 Å². The number of rotatable bonds is 4. The van der Waals surface area contributed by atoms with Crippen LogP contribution in [0.1, 0.15) is 24.4 Å². The van der Waals surface area contributed by atoms with Gasteiger partial charge in [0.1, 0.15) is 5.82 Å². The van der Waals surface area contributed by atoms with Crippen molar-refractivity contribution in [3.8, 4) is 10.7 Å². The summed E-state index contributed by atoms with van der Waals surface area (Å²) < 4.78 is 1.13. The molecule has 0 fully saturated rings. The molecular formula is C13H16IN3S. The van der Waals surface area contributed by atoms with Crippen molar-refractivity contribution < 1.29 is 0 Å². The van der Waals surface area contributed by atoms with Crippen LogP contribution >= 0.6 is 33.9 Å². The Morgan fingerprint density at radius 1 is 1.28 bits per heavy atom. The maximum atomic E-state index is 4.67. The molecule has 2 heterocycles. The van der Waals surface area contributed by atoms with Crippen molar-refractivity contribution in [2.45, 2.75) is 27.2 Å². The highest BCUT2D eigenvalue weighted by Crippen LogP contribution is 2.28. The average molecular weight is 373 g/mol. The van der Waals surface area contributed by atoms with E-state index in [4.69, 9.17) is 0 Å². The summed E-state index contributed by atoms with van der Waals surface area (Å²) in [5.74, 6) is 1.78. The SMILES string of the molecule is CCNc1nc(-c2ccc(C)s2)nc(CC)c1I. The van der Waals surface area contributed by atoms with Gasteiger partial charge in [-0.15, -0.1) is 11.3 Å². The summed E-state index contributed by atoms with van der Waals surface area (Å²) in [7, 11) is 0. The topological polar surface area (TPSA) is 37.8 Å². The number of nitrogens with zero attached hydrogens (tertiary/aromatic N) is 2. The van der Waals surface area contributed by atoms with Crippen LogP contribution in [0.2, 0.25) is 0 Å². The standard InChI is InChI=1S/C13H16IN3S/c1-4-9-11(14)13(15-5-2)17-12(16-9)10-7-6-8(3)18-10/h6-7H,4-5H2,1-3H3,(H,15,16,17). The highest BCUT2D eigenvalue weighted by molar-refractivity contribution is 14.1. The molecule has 0 aliphatic carbocycles. The zero-order valence-electron chi connectivity index (χ0n) is 10.7. The van der Waals surface area contributed by atoms with Crippen LogP contribution in [0.3, 0.4) is 0 Å². The van der Waals surface area contributed by atoms with E-state index in [0.29, 0.717) is 0 Å². The molecule has 2 rings (SSSR count). The largest absolute Gasteiger partial charge is 0.369 e. The smallest absolute Gasteiger partial charge is 0.171 e. The minimum absolute atomic E-state index is 0.835. The van der Waals surface area contributed by atoms with Gasteiger partial charge in [-0.05, 0) is 55.0 Å². The molecule has 0 atom stereocenters. The van der Waals surface area contributed by atoms with E-state index in [2.05, 4.69) is 70.8 Å². The Morgan fingerprint density at radius 3 is 2.61 bits per heavy atom. The van der Waals surface area contributed by atoms with Gasteiger partial charge in [0.05, 0.1) is 14.1 Å². The van der Waals surface area contributed by atoms with Crippen LogP contribution in [-0.2, 0) is 6.42 Å². The first-order valence-electron chi connectivity index (χ1n) is 6.02. The molecule has 1 N–H and O–H groups in total. The van der Waals surface area contributed by atoms with E-state index in [-0.39, 0.29) is 0 Å². The fourth-order valence-corrected chi connectivity index (χ4v) is 3.29. The third kappa shape index (κ3) is 2.83. The summed E-state index contributed by atoms with van der Waals surface area (Å²) in [6.45, 7) is 7.19. The van der Waals surface area contributed by atoms with E-state index in [1.165, 1.54) is 4.88 Å². The fourth-order valence-electron chi connectivity index (χ4n) is 1.68. The summed E-state index contributed by atoms with van der Waals surface area (Å²) in [5.41, 5.74) is 1.11. The minimum atomic E-state index is 0.835. The first kappa shape index (κ1) is 13.7. The number of nitrogens with one attached hydrogen (secondary N) is 1. The molecule has 0 saturated heterocycles. The number of halogens is 1. The van der Waals surface area contributed by atoms with Gasteiger partial charge in [-0.1, -0.05) is 6.92 Å². The number of aromatic nitrogens is 2. The Bertz CT molecular complexity index is 551. The Morgan fingerprint density at radius 2 is 2.06 bits per heavy atom. The van der Waals surface area contributed by atoms with E-state index in [9.17, 15) is 0 Å². The van der Waals surface area contributed by atoms with Crippen molar-refractivity contribution >= 4 is 39.7 Å². The quantitative estimate of drug-likeness (QED) is 0.820. The van der Waals surface area contributed by atoms with E-state index >= 15 is 0 Å². The first-order chi connectivity index (χ1) is 8.65. The second-order valence-corrected chi connectivity index (χ2v) is 6.32. The zero-order chi connectivity index (χ0) is 13.1. The Balaban J connectivity index is 2.51. The minimum Gasteiger partial charge on any atom is -0.369 e. The summed E-state index contributed by atoms with van der Waals surface area (Å²) in [6.07, 6.45) is 0.927. The lowest BCUT2D eigenvalue weighted by atomic mass is 10.3. The lowest BCUT2D eigenvalue weighted by Crippen LogP contribution is -2.07. The maximum Gasteiger partial charge on any atom is 0.171 e. The summed E-state index contributed by atoms with van der Waals surface area (Å²) in [6, 6.07) is 4.21. The predicted octanol–water partition coefficient (Wildman–Crippen LogP) is 4.11. The second kappa shape index (κ2) is 5.97. The molecule has 0 unspecified atom stereocenters. The molecule has 0 spiro atoms. The molecule has 3 nitrogen and oxygen atoms in total. The van der Waals surface area contributed by atoms with Gasteiger partial charge in [0.25, 0.3) is 0 Å². The van der Waals surface area contributed by atoms with Crippen molar-refractivity contribution in [1.82, 2.24) is 9.97 Å². The van der Waals surface area contributed by atoms with E-state index < -0.39 is 0 Å². The number of thiophene rings is 1. The Kier molecular flexibility index (Phi) is 4.55. The molecule has 2 aromatic heterocycles. The monoisotopic (exact) mass is 373 g/mol. The average Bonchev–Trinajstić information content (AvgIpc) is 2.79. The normalized spacial score (nSPS) is 10.7. The van der Waals surface area contributed by atoms with Gasteiger partial charge in [0.2, 0.25) is 0 Å². The van der Waals surface area contributed by atoms with Crippen molar-refractivity contribution in [2.75, 3.05) is 11.9 Å². The van der Waals surface area contributed by atoms with Gasteiger partial charge < -0.3 is 5.32 Å². The lowest BCUT2D eigenvalue weighted by molar-refractivity contribution is 0.985. The molecular weight excluding hydrogens is 357 g/mol. The van der Waals surface area contributed by atoms with Gasteiger partial charge in [-0.25, -0.2) is 9.97 Å². The number of aryl methyl sites for hydroxylation is 2. The molecule has 96 valence electrons. The molecule has 0 amide bonds.